The molecule has 4 aromatic rings. The summed E-state index contributed by atoms with van der Waals surface area (Å²) in [6, 6.07) is 23.9. The average Bonchev–Trinajstić information content (AvgIpc) is 3.25. The van der Waals surface area contributed by atoms with Gasteiger partial charge < -0.3 is 15.5 Å². The smallest absolute Gasteiger partial charge is 0.229 e. The summed E-state index contributed by atoms with van der Waals surface area (Å²) in [5, 5.41) is 8.64. The Morgan fingerprint density at radius 3 is 2.43 bits per heavy atom. The lowest BCUT2D eigenvalue weighted by Crippen LogP contribution is -2.28. The van der Waals surface area contributed by atoms with Crippen molar-refractivity contribution in [1.29, 1.82) is 0 Å². The molecule has 0 aliphatic carbocycles. The minimum atomic E-state index is -0.363. The van der Waals surface area contributed by atoms with E-state index in [4.69, 9.17) is 0 Å². The third-order valence-electron chi connectivity index (χ3n) is 6.69. The van der Waals surface area contributed by atoms with Crippen molar-refractivity contribution >= 4 is 34.0 Å². The molecule has 2 amide bonds. The number of nitrogens with one attached hydrogen (secondary N) is 2. The Labute approximate surface area is 216 Å². The molecular formula is C30H31N5O2. The number of benzene rings is 3. The van der Waals surface area contributed by atoms with Gasteiger partial charge in [0.05, 0.1) is 5.92 Å². The second-order valence-electron chi connectivity index (χ2n) is 9.62. The van der Waals surface area contributed by atoms with Gasteiger partial charge in [0.2, 0.25) is 11.8 Å². The Balaban J connectivity index is 1.13. The van der Waals surface area contributed by atoms with Crippen molar-refractivity contribution < 1.29 is 9.59 Å². The van der Waals surface area contributed by atoms with Crippen molar-refractivity contribution in [3.63, 3.8) is 0 Å². The highest BCUT2D eigenvalue weighted by Crippen LogP contribution is 2.25. The van der Waals surface area contributed by atoms with E-state index in [2.05, 4.69) is 38.8 Å². The topological polar surface area (TPSA) is 87.2 Å². The zero-order valence-electron chi connectivity index (χ0n) is 21.2. The highest BCUT2D eigenvalue weighted by molar-refractivity contribution is 5.97. The van der Waals surface area contributed by atoms with E-state index in [0.717, 1.165) is 45.7 Å². The van der Waals surface area contributed by atoms with E-state index in [-0.39, 0.29) is 24.2 Å². The number of anilines is 2. The maximum Gasteiger partial charge on any atom is 0.229 e. The molecule has 0 saturated carbocycles. The molecule has 7 nitrogen and oxygen atoms in total. The summed E-state index contributed by atoms with van der Waals surface area (Å²) in [5.74, 6) is 0.356. The van der Waals surface area contributed by atoms with Gasteiger partial charge in [-0.25, -0.2) is 9.97 Å². The van der Waals surface area contributed by atoms with Crippen LogP contribution in [0.1, 0.15) is 29.2 Å². The molecule has 0 radical (unpaired) electrons. The van der Waals surface area contributed by atoms with Gasteiger partial charge in [-0.3, -0.25) is 9.59 Å². The Bertz CT molecular complexity index is 1410. The molecule has 1 unspecified atom stereocenters. The minimum absolute atomic E-state index is 0.0143. The molecule has 188 valence electrons. The van der Waals surface area contributed by atoms with Gasteiger partial charge in [0.1, 0.15) is 5.82 Å². The number of hydrogen-bond acceptors (Lipinski definition) is 5. The first-order valence-corrected chi connectivity index (χ1v) is 12.6. The van der Waals surface area contributed by atoms with E-state index in [9.17, 15) is 9.59 Å². The molecule has 0 spiro atoms. The third kappa shape index (κ3) is 5.94. The molecule has 1 aliphatic heterocycles. The van der Waals surface area contributed by atoms with Crippen molar-refractivity contribution in [2.45, 2.75) is 33.2 Å². The first kappa shape index (κ1) is 24.4. The normalized spacial score (nSPS) is 15.2. The van der Waals surface area contributed by atoms with E-state index >= 15 is 0 Å². The van der Waals surface area contributed by atoms with Crippen LogP contribution in [-0.2, 0) is 22.6 Å². The van der Waals surface area contributed by atoms with Gasteiger partial charge in [-0.2, -0.15) is 0 Å². The molecular weight excluding hydrogens is 462 g/mol. The summed E-state index contributed by atoms with van der Waals surface area (Å²) >= 11 is 0. The van der Waals surface area contributed by atoms with Gasteiger partial charge >= 0.3 is 0 Å². The summed E-state index contributed by atoms with van der Waals surface area (Å²) in [4.78, 5) is 36.3. The zero-order valence-corrected chi connectivity index (χ0v) is 21.2. The zero-order chi connectivity index (χ0) is 25.8. The number of fused-ring (bicyclic) bond motifs is 1. The largest absolute Gasteiger partial charge is 0.385 e. The number of nitrogens with zero attached hydrogens (tertiary/aromatic N) is 3. The molecule has 37 heavy (non-hydrogen) atoms. The fraction of sp³-hybridized carbons (Fsp3) is 0.267. The molecule has 1 aromatic heterocycles. The van der Waals surface area contributed by atoms with Gasteiger partial charge in [-0.05, 0) is 60.5 Å². The molecule has 2 N–H and O–H groups in total. The van der Waals surface area contributed by atoms with Crippen molar-refractivity contribution in [3.05, 3.63) is 95.6 Å². The van der Waals surface area contributed by atoms with E-state index in [0.29, 0.717) is 25.3 Å². The predicted molar refractivity (Wildman–Crippen MR) is 146 cm³/mol. The lowest BCUT2D eigenvalue weighted by Gasteiger charge is -2.18. The van der Waals surface area contributed by atoms with Gasteiger partial charge in [0, 0.05) is 55.2 Å². The van der Waals surface area contributed by atoms with E-state index in [1.807, 2.05) is 68.4 Å². The standard InChI is InChI=1S/C30H31N5O2/c1-20-16-21(2)33-28(32-20)14-15-31-25-10-12-26(13-11-25)34-30(37)24-17-29(36)35(19-24)18-23-8-5-7-22-6-3-4-9-27(22)23/h3-13,16,24,31H,14-15,17-19H2,1-2H3,(H,34,37). The fourth-order valence-corrected chi connectivity index (χ4v) is 4.88. The van der Waals surface area contributed by atoms with Crippen molar-refractivity contribution in [2.75, 3.05) is 23.7 Å². The van der Waals surface area contributed by atoms with Crippen LogP contribution >= 0.6 is 0 Å². The number of rotatable bonds is 8. The van der Waals surface area contributed by atoms with Gasteiger partial charge in [-0.1, -0.05) is 42.5 Å². The highest BCUT2D eigenvalue weighted by atomic mass is 16.2. The van der Waals surface area contributed by atoms with Gasteiger partial charge in [0.25, 0.3) is 0 Å². The van der Waals surface area contributed by atoms with Crippen molar-refractivity contribution in [1.82, 2.24) is 14.9 Å². The van der Waals surface area contributed by atoms with Crippen molar-refractivity contribution in [3.8, 4) is 0 Å². The number of amides is 2. The van der Waals surface area contributed by atoms with Crippen LogP contribution in [0.2, 0.25) is 0 Å². The molecule has 1 aliphatic rings. The number of carbonyl (C=O) groups excluding carboxylic acids is 2. The molecule has 1 atom stereocenters. The third-order valence-corrected chi connectivity index (χ3v) is 6.69. The molecule has 1 fully saturated rings. The maximum absolute atomic E-state index is 12.9. The monoisotopic (exact) mass is 493 g/mol. The minimum Gasteiger partial charge on any atom is -0.385 e. The first-order chi connectivity index (χ1) is 17.9. The SMILES string of the molecule is Cc1cc(C)nc(CCNc2ccc(NC(=O)C3CC(=O)N(Cc4cccc5ccccc45)C3)cc2)n1. The summed E-state index contributed by atoms with van der Waals surface area (Å²) < 4.78 is 0. The van der Waals surface area contributed by atoms with Crippen LogP contribution in [0, 0.1) is 19.8 Å². The van der Waals surface area contributed by atoms with E-state index < -0.39 is 0 Å². The highest BCUT2D eigenvalue weighted by Gasteiger charge is 2.34. The fourth-order valence-electron chi connectivity index (χ4n) is 4.88. The number of carbonyl (C=O) groups is 2. The number of hydrogen-bond donors (Lipinski definition) is 2. The van der Waals surface area contributed by atoms with E-state index in [1.165, 1.54) is 0 Å². The Hall–Kier alpha value is -4.26. The van der Waals surface area contributed by atoms with Crippen molar-refractivity contribution in [2.24, 2.45) is 5.92 Å². The summed E-state index contributed by atoms with van der Waals surface area (Å²) in [5.41, 5.74) is 4.72. The van der Waals surface area contributed by atoms with Crippen LogP contribution in [-0.4, -0.2) is 39.8 Å². The molecule has 5 rings (SSSR count). The van der Waals surface area contributed by atoms with Crippen LogP contribution in [0.25, 0.3) is 10.8 Å². The molecule has 1 saturated heterocycles. The second kappa shape index (κ2) is 10.8. The Morgan fingerprint density at radius 2 is 1.65 bits per heavy atom. The summed E-state index contributed by atoms with van der Waals surface area (Å²) in [7, 11) is 0. The first-order valence-electron chi connectivity index (χ1n) is 12.6. The average molecular weight is 494 g/mol. The van der Waals surface area contributed by atoms with Gasteiger partial charge in [0.15, 0.2) is 0 Å². The van der Waals surface area contributed by atoms with Crippen LogP contribution in [0.5, 0.6) is 0 Å². The number of likely N-dealkylation sites (tertiary alicyclic amines) is 1. The van der Waals surface area contributed by atoms with Crippen LogP contribution in [0.3, 0.4) is 0 Å². The predicted octanol–water partition coefficient (Wildman–Crippen LogP) is 4.89. The Morgan fingerprint density at radius 1 is 0.946 bits per heavy atom. The van der Waals surface area contributed by atoms with Gasteiger partial charge in [-0.15, -0.1) is 0 Å². The molecule has 3 aromatic carbocycles. The number of aryl methyl sites for hydroxylation is 2. The summed E-state index contributed by atoms with van der Waals surface area (Å²) in [6.07, 6.45) is 0.961. The van der Waals surface area contributed by atoms with E-state index in [1.54, 1.807) is 4.90 Å². The quantitative estimate of drug-likeness (QED) is 0.365. The lowest BCUT2D eigenvalue weighted by atomic mass is 10.0. The summed E-state index contributed by atoms with van der Waals surface area (Å²) in [6.45, 7) is 5.60. The van der Waals surface area contributed by atoms with Crippen LogP contribution in [0.15, 0.2) is 72.8 Å². The van der Waals surface area contributed by atoms with Crippen LogP contribution in [0.4, 0.5) is 11.4 Å². The number of aromatic nitrogens is 2. The lowest BCUT2D eigenvalue weighted by molar-refractivity contribution is -0.128. The second-order valence-corrected chi connectivity index (χ2v) is 9.62. The molecule has 7 heteroatoms. The molecule has 0 bridgehead atoms. The molecule has 2 heterocycles. The maximum atomic E-state index is 12.9. The Kier molecular flexibility index (Phi) is 7.12. The van der Waals surface area contributed by atoms with Crippen LogP contribution < -0.4 is 10.6 Å².